The molecule has 1 unspecified atom stereocenters. The molecule has 0 saturated carbocycles. The van der Waals surface area contributed by atoms with Gasteiger partial charge in [-0.3, -0.25) is 4.79 Å². The lowest BCUT2D eigenvalue weighted by Crippen LogP contribution is -2.39. The van der Waals surface area contributed by atoms with Gasteiger partial charge in [0.2, 0.25) is 10.0 Å². The van der Waals surface area contributed by atoms with E-state index in [2.05, 4.69) is 9.56 Å². The smallest absolute Gasteiger partial charge is 0.305 e. The van der Waals surface area contributed by atoms with Crippen LogP contribution in [-0.2, 0) is 50.1 Å². The third-order valence-electron chi connectivity index (χ3n) is 5.56. The molecule has 1 N–H and O–H groups in total. The number of halogens is 1. The fraction of sp³-hybridized carbons (Fsp3) is 0.409. The predicted octanol–water partition coefficient (Wildman–Crippen LogP) is 3.03. The first kappa shape index (κ1) is 24.9. The van der Waals surface area contributed by atoms with Gasteiger partial charge in [-0.05, 0) is 78.6 Å². The van der Waals surface area contributed by atoms with E-state index in [9.17, 15) is 23.3 Å². The molecule has 1 aliphatic rings. The SMILES string of the molecule is COC(=O)CCc1cc(CCO[N+](=O)[O-])cc2c1CCC(NS(=O)(=O)c1ccc(Cl)cc1)C2. The number of hydrogen-bond donors (Lipinski definition) is 1. The first-order valence-electron chi connectivity index (χ1n) is 10.4. The highest BCUT2D eigenvalue weighted by Gasteiger charge is 2.26. The van der Waals surface area contributed by atoms with E-state index in [0.29, 0.717) is 37.1 Å². The second-order valence-electron chi connectivity index (χ2n) is 7.79. The summed E-state index contributed by atoms with van der Waals surface area (Å²) in [5.41, 5.74) is 3.84. The average Bonchev–Trinajstić information content (AvgIpc) is 2.76. The van der Waals surface area contributed by atoms with Gasteiger partial charge in [0.1, 0.15) is 6.61 Å². The van der Waals surface area contributed by atoms with Crippen LogP contribution in [0, 0.1) is 10.1 Å². The number of aryl methyl sites for hydroxylation is 1. The minimum atomic E-state index is -3.71. The molecule has 3 rings (SSSR count). The second kappa shape index (κ2) is 11.0. The van der Waals surface area contributed by atoms with Crippen molar-refractivity contribution in [2.24, 2.45) is 0 Å². The summed E-state index contributed by atoms with van der Waals surface area (Å²) in [5, 5.41) is 10.1. The van der Waals surface area contributed by atoms with Gasteiger partial charge >= 0.3 is 5.97 Å². The summed E-state index contributed by atoms with van der Waals surface area (Å²) in [6.45, 7) is -0.0884. The minimum Gasteiger partial charge on any atom is -0.469 e. The van der Waals surface area contributed by atoms with E-state index in [-0.39, 0.29) is 29.9 Å². The van der Waals surface area contributed by atoms with Crippen molar-refractivity contribution in [3.8, 4) is 0 Å². The van der Waals surface area contributed by atoms with E-state index in [1.54, 1.807) is 0 Å². The zero-order valence-electron chi connectivity index (χ0n) is 18.1. The highest BCUT2D eigenvalue weighted by atomic mass is 35.5. The maximum Gasteiger partial charge on any atom is 0.305 e. The molecule has 0 amide bonds. The molecule has 0 fully saturated rings. The van der Waals surface area contributed by atoms with Crippen LogP contribution in [0.3, 0.4) is 0 Å². The molecule has 2 aromatic carbocycles. The number of esters is 1. The Hall–Kier alpha value is -2.69. The highest BCUT2D eigenvalue weighted by Crippen LogP contribution is 2.29. The Morgan fingerprint density at radius 2 is 1.97 bits per heavy atom. The van der Waals surface area contributed by atoms with Gasteiger partial charge in [-0.2, -0.15) is 0 Å². The lowest BCUT2D eigenvalue weighted by Gasteiger charge is -2.28. The Bertz CT molecular complexity index is 1120. The largest absolute Gasteiger partial charge is 0.469 e. The van der Waals surface area contributed by atoms with Crippen LogP contribution in [0.15, 0.2) is 41.3 Å². The van der Waals surface area contributed by atoms with Crippen molar-refractivity contribution in [1.82, 2.24) is 4.72 Å². The quantitative estimate of drug-likeness (QED) is 0.304. The second-order valence-corrected chi connectivity index (χ2v) is 9.94. The van der Waals surface area contributed by atoms with Crippen molar-refractivity contribution in [3.63, 3.8) is 0 Å². The van der Waals surface area contributed by atoms with Gasteiger partial charge < -0.3 is 9.57 Å². The monoisotopic (exact) mass is 496 g/mol. The summed E-state index contributed by atoms with van der Waals surface area (Å²) in [4.78, 5) is 26.7. The molecule has 0 aromatic heterocycles. The van der Waals surface area contributed by atoms with Crippen molar-refractivity contribution >= 4 is 27.6 Å². The molecule has 0 spiro atoms. The lowest BCUT2D eigenvalue weighted by molar-refractivity contribution is -0.757. The molecule has 0 radical (unpaired) electrons. The highest BCUT2D eigenvalue weighted by molar-refractivity contribution is 7.89. The third-order valence-corrected chi connectivity index (χ3v) is 7.35. The number of ether oxygens (including phenoxy) is 1. The molecule has 1 aliphatic carbocycles. The fourth-order valence-corrected chi connectivity index (χ4v) is 5.40. The number of hydrogen-bond acceptors (Lipinski definition) is 7. The number of carbonyl (C=O) groups is 1. The fourth-order valence-electron chi connectivity index (χ4n) is 4.01. The van der Waals surface area contributed by atoms with Crippen molar-refractivity contribution in [2.45, 2.75) is 49.5 Å². The predicted molar refractivity (Wildman–Crippen MR) is 121 cm³/mol. The number of benzene rings is 2. The number of methoxy groups -OCH3 is 1. The number of sulfonamides is 1. The molecule has 0 aliphatic heterocycles. The number of nitrogens with zero attached hydrogens (tertiary/aromatic N) is 1. The Kier molecular flexibility index (Phi) is 8.28. The van der Waals surface area contributed by atoms with Gasteiger partial charge in [-0.1, -0.05) is 23.7 Å². The molecule has 9 nitrogen and oxygen atoms in total. The number of carbonyl (C=O) groups excluding carboxylic acids is 1. The zero-order valence-corrected chi connectivity index (χ0v) is 19.7. The molecule has 33 heavy (non-hydrogen) atoms. The molecule has 0 saturated heterocycles. The summed E-state index contributed by atoms with van der Waals surface area (Å²) in [7, 11) is -2.38. The molecule has 0 bridgehead atoms. The molecular formula is C22H25ClN2O7S. The van der Waals surface area contributed by atoms with E-state index in [4.69, 9.17) is 16.3 Å². The van der Waals surface area contributed by atoms with Gasteiger partial charge in [0, 0.05) is 17.5 Å². The minimum absolute atomic E-state index is 0.0884. The van der Waals surface area contributed by atoms with Gasteiger partial charge in [0.05, 0.1) is 12.0 Å². The summed E-state index contributed by atoms with van der Waals surface area (Å²) in [6, 6.07) is 9.53. The van der Waals surface area contributed by atoms with Crippen molar-refractivity contribution in [2.75, 3.05) is 13.7 Å². The maximum absolute atomic E-state index is 12.8. The molecule has 2 aromatic rings. The van der Waals surface area contributed by atoms with E-state index in [0.717, 1.165) is 22.3 Å². The number of fused-ring (bicyclic) bond motifs is 1. The van der Waals surface area contributed by atoms with Crippen LogP contribution in [0.4, 0.5) is 0 Å². The number of nitrogens with one attached hydrogen (secondary N) is 1. The maximum atomic E-state index is 12.8. The molecule has 0 heterocycles. The van der Waals surface area contributed by atoms with Crippen LogP contribution in [0.1, 0.15) is 35.1 Å². The molecular weight excluding hydrogens is 472 g/mol. The summed E-state index contributed by atoms with van der Waals surface area (Å²) in [6.07, 6.45) is 2.72. The molecule has 11 heteroatoms. The van der Waals surface area contributed by atoms with Crippen LogP contribution < -0.4 is 4.72 Å². The zero-order chi connectivity index (χ0) is 24.0. The summed E-state index contributed by atoms with van der Waals surface area (Å²) >= 11 is 5.86. The summed E-state index contributed by atoms with van der Waals surface area (Å²) < 4.78 is 33.1. The van der Waals surface area contributed by atoms with Gasteiger partial charge in [-0.25, -0.2) is 13.1 Å². The van der Waals surface area contributed by atoms with Crippen LogP contribution >= 0.6 is 11.6 Å². The van der Waals surface area contributed by atoms with E-state index in [1.807, 2.05) is 12.1 Å². The Morgan fingerprint density at radius 1 is 1.24 bits per heavy atom. The van der Waals surface area contributed by atoms with E-state index >= 15 is 0 Å². The third kappa shape index (κ3) is 6.89. The summed E-state index contributed by atoms with van der Waals surface area (Å²) in [5.74, 6) is -0.324. The lowest BCUT2D eigenvalue weighted by atomic mass is 9.83. The Morgan fingerprint density at radius 3 is 2.64 bits per heavy atom. The van der Waals surface area contributed by atoms with E-state index in [1.165, 1.54) is 31.4 Å². The molecule has 1 atom stereocenters. The first-order chi connectivity index (χ1) is 15.7. The van der Waals surface area contributed by atoms with Crippen molar-refractivity contribution in [3.05, 3.63) is 73.8 Å². The average molecular weight is 497 g/mol. The Labute approximate surface area is 197 Å². The van der Waals surface area contributed by atoms with E-state index < -0.39 is 15.1 Å². The topological polar surface area (TPSA) is 125 Å². The van der Waals surface area contributed by atoms with Gasteiger partial charge in [0.15, 0.2) is 0 Å². The number of rotatable bonds is 10. The van der Waals surface area contributed by atoms with Crippen molar-refractivity contribution < 1.29 is 27.9 Å². The normalized spacial score (nSPS) is 15.5. The van der Waals surface area contributed by atoms with Crippen molar-refractivity contribution in [1.29, 1.82) is 0 Å². The van der Waals surface area contributed by atoms with Crippen LogP contribution in [0.25, 0.3) is 0 Å². The molecule has 178 valence electrons. The van der Waals surface area contributed by atoms with Crippen LogP contribution in [0.5, 0.6) is 0 Å². The Balaban J connectivity index is 1.80. The van der Waals surface area contributed by atoms with Crippen LogP contribution in [-0.4, -0.2) is 39.2 Å². The standard InChI is InChI=1S/C22H25ClN2O7S/c1-31-22(26)9-2-16-12-15(10-11-32-25(27)28)13-17-14-19(5-8-21(16)17)24-33(29,30)20-6-3-18(23)4-7-20/h3-4,6-7,12-13,19,24H,2,5,8-11,14H2,1H3. The van der Waals surface area contributed by atoms with Crippen LogP contribution in [0.2, 0.25) is 5.02 Å². The van der Waals surface area contributed by atoms with Gasteiger partial charge in [-0.15, -0.1) is 10.1 Å². The first-order valence-corrected chi connectivity index (χ1v) is 12.3. The van der Waals surface area contributed by atoms with Gasteiger partial charge in [0.25, 0.3) is 5.09 Å².